The van der Waals surface area contributed by atoms with Crippen molar-refractivity contribution in [2.45, 2.75) is 19.5 Å². The summed E-state index contributed by atoms with van der Waals surface area (Å²) in [7, 11) is 0. The first-order chi connectivity index (χ1) is 14.6. The fourth-order valence-corrected chi connectivity index (χ4v) is 3.77. The third kappa shape index (κ3) is 3.18. The highest BCUT2D eigenvalue weighted by Gasteiger charge is 2.22. The van der Waals surface area contributed by atoms with Crippen LogP contribution in [0.1, 0.15) is 23.4 Å². The molecule has 0 atom stereocenters. The zero-order valence-electron chi connectivity index (χ0n) is 15.9. The molecule has 0 radical (unpaired) electrons. The average molecular weight is 399 g/mol. The molecule has 2 aromatic carbocycles. The smallest absolute Gasteiger partial charge is 0.270 e. The van der Waals surface area contributed by atoms with Gasteiger partial charge in [0.1, 0.15) is 5.82 Å². The lowest BCUT2D eigenvalue weighted by Gasteiger charge is -2.05. The molecule has 3 heterocycles. The first kappa shape index (κ1) is 18.0. The summed E-state index contributed by atoms with van der Waals surface area (Å²) in [5.41, 5.74) is 3.16. The number of rotatable bonds is 4. The number of benzene rings is 2. The summed E-state index contributed by atoms with van der Waals surface area (Å²) in [4.78, 5) is 28.0. The largest absolute Gasteiger partial charge is 0.292 e. The number of aromatic nitrogens is 4. The van der Waals surface area contributed by atoms with E-state index in [0.717, 1.165) is 11.1 Å². The van der Waals surface area contributed by atoms with Crippen molar-refractivity contribution in [1.82, 2.24) is 19.3 Å². The van der Waals surface area contributed by atoms with Crippen molar-refractivity contribution in [3.8, 4) is 0 Å². The van der Waals surface area contributed by atoms with E-state index < -0.39 is 4.92 Å². The van der Waals surface area contributed by atoms with E-state index in [4.69, 9.17) is 0 Å². The Bertz CT molecular complexity index is 1370. The van der Waals surface area contributed by atoms with E-state index in [0.29, 0.717) is 30.9 Å². The number of nitro groups is 1. The lowest BCUT2D eigenvalue weighted by atomic mass is 10.1. The topological polar surface area (TPSA) is 95.8 Å². The molecule has 1 aliphatic heterocycles. The number of fused-ring (bicyclic) bond motifs is 2. The van der Waals surface area contributed by atoms with Crippen molar-refractivity contribution in [3.05, 3.63) is 98.3 Å². The van der Waals surface area contributed by atoms with E-state index in [9.17, 15) is 14.9 Å². The van der Waals surface area contributed by atoms with Crippen LogP contribution in [0.15, 0.2) is 65.7 Å². The predicted octanol–water partition coefficient (Wildman–Crippen LogP) is 3.49. The molecule has 5 rings (SSSR count). The van der Waals surface area contributed by atoms with E-state index in [-0.39, 0.29) is 16.6 Å². The maximum Gasteiger partial charge on any atom is 0.270 e. The number of nitro benzene ring substituents is 1. The Balaban J connectivity index is 1.49. The second kappa shape index (κ2) is 7.07. The Hall–Kier alpha value is -4.07. The summed E-state index contributed by atoms with van der Waals surface area (Å²) in [6, 6.07) is 14.3. The molecular formula is C22H17N5O3. The number of non-ortho nitro benzene ring substituents is 1. The fraction of sp³-hybridized carbons (Fsp3) is 0.136. The van der Waals surface area contributed by atoms with Gasteiger partial charge in [0.05, 0.1) is 28.6 Å². The minimum atomic E-state index is -0.505. The maximum absolute atomic E-state index is 12.9. The molecule has 0 unspecified atom stereocenters. The van der Waals surface area contributed by atoms with Crippen LogP contribution in [0.5, 0.6) is 0 Å². The summed E-state index contributed by atoms with van der Waals surface area (Å²) >= 11 is 0. The first-order valence-electron chi connectivity index (χ1n) is 9.55. The molecule has 0 saturated heterocycles. The monoisotopic (exact) mass is 399 g/mol. The Morgan fingerprint density at radius 1 is 1.17 bits per heavy atom. The van der Waals surface area contributed by atoms with Gasteiger partial charge in [-0.15, -0.1) is 0 Å². The molecule has 0 aliphatic carbocycles. The molecule has 0 spiro atoms. The van der Waals surface area contributed by atoms with Crippen molar-refractivity contribution in [1.29, 1.82) is 0 Å². The predicted molar refractivity (Wildman–Crippen MR) is 113 cm³/mol. The highest BCUT2D eigenvalue weighted by atomic mass is 16.6. The summed E-state index contributed by atoms with van der Waals surface area (Å²) in [5, 5.41) is 15.7. The standard InChI is InChI=1S/C22H17N5O3/c28-22-19-11-18(27(29)30)6-7-20(19)24-21-17(8-9-26(21)22)10-16-12-23-25(14-16)13-15-4-2-1-3-5-15/h1-7,10-12,14H,8-9,13H2/b17-10-. The van der Waals surface area contributed by atoms with Gasteiger partial charge in [0.15, 0.2) is 0 Å². The van der Waals surface area contributed by atoms with Crippen LogP contribution in [-0.2, 0) is 13.1 Å². The zero-order chi connectivity index (χ0) is 20.7. The molecule has 8 nitrogen and oxygen atoms in total. The average Bonchev–Trinajstić information content (AvgIpc) is 3.36. The Morgan fingerprint density at radius 2 is 2.00 bits per heavy atom. The van der Waals surface area contributed by atoms with Gasteiger partial charge in [-0.1, -0.05) is 30.3 Å². The number of hydrogen-bond acceptors (Lipinski definition) is 5. The molecule has 0 fully saturated rings. The normalized spacial score (nSPS) is 14.3. The SMILES string of the molecule is O=c1c2cc([N+](=O)[O-])ccc2nc2n1CC/C2=C/c1cnn(Cc2ccccc2)c1. The molecule has 4 aromatic rings. The molecule has 148 valence electrons. The van der Waals surface area contributed by atoms with Crippen LogP contribution in [-0.4, -0.2) is 24.3 Å². The highest BCUT2D eigenvalue weighted by Crippen LogP contribution is 2.28. The minimum absolute atomic E-state index is 0.110. The Morgan fingerprint density at radius 3 is 2.80 bits per heavy atom. The second-order valence-electron chi connectivity index (χ2n) is 7.23. The first-order valence-corrected chi connectivity index (χ1v) is 9.55. The van der Waals surface area contributed by atoms with Crippen LogP contribution >= 0.6 is 0 Å². The van der Waals surface area contributed by atoms with Gasteiger partial charge in [-0.3, -0.25) is 24.2 Å². The van der Waals surface area contributed by atoms with Crippen molar-refractivity contribution >= 4 is 28.2 Å². The van der Waals surface area contributed by atoms with Crippen LogP contribution in [0, 0.1) is 10.1 Å². The maximum atomic E-state index is 12.9. The molecular weight excluding hydrogens is 382 g/mol. The van der Waals surface area contributed by atoms with Crippen LogP contribution < -0.4 is 5.56 Å². The molecule has 0 N–H and O–H groups in total. The molecule has 0 bridgehead atoms. The van der Waals surface area contributed by atoms with Crippen molar-refractivity contribution in [2.24, 2.45) is 0 Å². The van der Waals surface area contributed by atoms with Gasteiger partial charge < -0.3 is 0 Å². The van der Waals surface area contributed by atoms with E-state index in [1.165, 1.54) is 23.8 Å². The van der Waals surface area contributed by atoms with Gasteiger partial charge in [0, 0.05) is 30.4 Å². The van der Waals surface area contributed by atoms with Crippen LogP contribution in [0.2, 0.25) is 0 Å². The fourth-order valence-electron chi connectivity index (χ4n) is 3.77. The van der Waals surface area contributed by atoms with E-state index in [2.05, 4.69) is 22.2 Å². The van der Waals surface area contributed by atoms with Gasteiger partial charge in [-0.25, -0.2) is 4.98 Å². The van der Waals surface area contributed by atoms with Gasteiger partial charge in [0.25, 0.3) is 11.2 Å². The minimum Gasteiger partial charge on any atom is -0.292 e. The molecule has 0 amide bonds. The Labute approximate surface area is 170 Å². The van der Waals surface area contributed by atoms with Crippen LogP contribution in [0.25, 0.3) is 22.6 Å². The van der Waals surface area contributed by atoms with E-state index >= 15 is 0 Å². The summed E-state index contributed by atoms with van der Waals surface area (Å²) in [6.07, 6.45) is 6.42. The molecule has 8 heteroatoms. The number of nitrogens with zero attached hydrogens (tertiary/aromatic N) is 5. The zero-order valence-corrected chi connectivity index (χ0v) is 15.9. The van der Waals surface area contributed by atoms with Crippen molar-refractivity contribution < 1.29 is 4.92 Å². The van der Waals surface area contributed by atoms with Gasteiger partial charge in [-0.05, 0) is 29.7 Å². The van der Waals surface area contributed by atoms with Crippen LogP contribution in [0.4, 0.5) is 5.69 Å². The van der Waals surface area contributed by atoms with Crippen molar-refractivity contribution in [3.63, 3.8) is 0 Å². The van der Waals surface area contributed by atoms with Gasteiger partial charge >= 0.3 is 0 Å². The lowest BCUT2D eigenvalue weighted by molar-refractivity contribution is -0.384. The molecule has 2 aromatic heterocycles. The van der Waals surface area contributed by atoms with Gasteiger partial charge in [0.2, 0.25) is 0 Å². The quantitative estimate of drug-likeness (QED) is 0.387. The summed E-state index contributed by atoms with van der Waals surface area (Å²) in [5.74, 6) is 0.608. The lowest BCUT2D eigenvalue weighted by Crippen LogP contribution is -2.20. The summed E-state index contributed by atoms with van der Waals surface area (Å²) in [6.45, 7) is 1.19. The molecule has 0 saturated carbocycles. The Kier molecular flexibility index (Phi) is 4.24. The van der Waals surface area contributed by atoms with E-state index in [1.807, 2.05) is 35.2 Å². The highest BCUT2D eigenvalue weighted by molar-refractivity contribution is 5.85. The van der Waals surface area contributed by atoms with Crippen LogP contribution in [0.3, 0.4) is 0 Å². The summed E-state index contributed by atoms with van der Waals surface area (Å²) < 4.78 is 3.46. The van der Waals surface area contributed by atoms with Gasteiger partial charge in [-0.2, -0.15) is 5.10 Å². The number of hydrogen-bond donors (Lipinski definition) is 0. The third-order valence-electron chi connectivity index (χ3n) is 5.22. The molecule has 1 aliphatic rings. The third-order valence-corrected chi connectivity index (χ3v) is 5.22. The van der Waals surface area contributed by atoms with Crippen molar-refractivity contribution in [2.75, 3.05) is 0 Å². The van der Waals surface area contributed by atoms with E-state index in [1.54, 1.807) is 10.8 Å². The number of allylic oxidation sites excluding steroid dienone is 1. The second-order valence-corrected chi connectivity index (χ2v) is 7.23. The molecule has 30 heavy (non-hydrogen) atoms.